The Morgan fingerprint density at radius 3 is 2.23 bits per heavy atom. The Morgan fingerprint density at radius 2 is 1.58 bits per heavy atom. The van der Waals surface area contributed by atoms with Gasteiger partial charge in [0.1, 0.15) is 0 Å². The number of ether oxygens (including phenoxy) is 2. The van der Waals surface area contributed by atoms with Crippen LogP contribution in [0.4, 0.5) is 0 Å². The van der Waals surface area contributed by atoms with Gasteiger partial charge >= 0.3 is 0 Å². The second-order valence-electron chi connectivity index (χ2n) is 8.22. The number of nitrogens with zero attached hydrogens (tertiary/aromatic N) is 2. The van der Waals surface area contributed by atoms with E-state index in [1.54, 1.807) is 24.2 Å². The van der Waals surface area contributed by atoms with E-state index < -0.39 is 0 Å². The first-order valence-electron chi connectivity index (χ1n) is 10.5. The van der Waals surface area contributed by atoms with Gasteiger partial charge in [0, 0.05) is 44.1 Å². The summed E-state index contributed by atoms with van der Waals surface area (Å²) in [7, 11) is 6.86. The van der Waals surface area contributed by atoms with Gasteiger partial charge in [0.15, 0.2) is 17.3 Å². The highest BCUT2D eigenvalue weighted by molar-refractivity contribution is 6.02. The van der Waals surface area contributed by atoms with Crippen LogP contribution in [0.25, 0.3) is 0 Å². The van der Waals surface area contributed by atoms with Gasteiger partial charge in [-0.2, -0.15) is 0 Å². The molecule has 0 N–H and O–H groups in total. The zero-order valence-corrected chi connectivity index (χ0v) is 18.4. The van der Waals surface area contributed by atoms with Crippen LogP contribution >= 0.6 is 0 Å². The van der Waals surface area contributed by atoms with Crippen molar-refractivity contribution >= 4 is 11.7 Å². The summed E-state index contributed by atoms with van der Waals surface area (Å²) in [6.45, 7) is 0. The number of hydrazine groups is 1. The van der Waals surface area contributed by atoms with Crippen LogP contribution in [0.2, 0.25) is 0 Å². The van der Waals surface area contributed by atoms with Crippen molar-refractivity contribution in [2.45, 2.75) is 31.1 Å². The number of allylic oxidation sites excluding steroid dienone is 2. The minimum Gasteiger partial charge on any atom is -0.493 e. The molecule has 0 spiro atoms. The number of carbonyl (C=O) groups excluding carboxylic acids is 2. The number of amides is 1. The van der Waals surface area contributed by atoms with Crippen molar-refractivity contribution < 1.29 is 19.1 Å². The lowest BCUT2D eigenvalue weighted by molar-refractivity contribution is -0.143. The number of Topliss-reactive ketones (excluding diaryl/α,β-unsaturated/α-hetero) is 1. The van der Waals surface area contributed by atoms with E-state index >= 15 is 0 Å². The molecule has 31 heavy (non-hydrogen) atoms. The predicted molar refractivity (Wildman–Crippen MR) is 118 cm³/mol. The second kappa shape index (κ2) is 8.55. The molecule has 2 aromatic rings. The van der Waals surface area contributed by atoms with Crippen molar-refractivity contribution in [3.8, 4) is 11.5 Å². The summed E-state index contributed by atoms with van der Waals surface area (Å²) in [5.74, 6) is 1.08. The fraction of sp³-hybridized carbons (Fsp3) is 0.360. The number of hydrogen-bond acceptors (Lipinski definition) is 5. The molecular formula is C25H28N2O4. The van der Waals surface area contributed by atoms with Crippen LogP contribution < -0.4 is 9.47 Å². The van der Waals surface area contributed by atoms with Crippen molar-refractivity contribution in [1.82, 2.24) is 10.0 Å². The maximum atomic E-state index is 13.5. The zero-order chi connectivity index (χ0) is 22.1. The minimum atomic E-state index is -0.289. The fourth-order valence-corrected chi connectivity index (χ4v) is 4.80. The molecule has 0 fully saturated rings. The Hall–Kier alpha value is -3.12. The molecule has 4 rings (SSSR count). The number of methoxy groups -OCH3 is 2. The smallest absolute Gasteiger partial charge is 0.242 e. The summed E-state index contributed by atoms with van der Waals surface area (Å²) in [4.78, 5) is 26.7. The molecular weight excluding hydrogens is 392 g/mol. The minimum absolute atomic E-state index is 0.00922. The molecule has 0 aromatic heterocycles. The third kappa shape index (κ3) is 3.83. The van der Waals surface area contributed by atoms with Gasteiger partial charge < -0.3 is 9.47 Å². The number of ketones is 1. The summed E-state index contributed by atoms with van der Waals surface area (Å²) in [5, 5.41) is 3.46. The Balaban J connectivity index is 1.81. The Bertz CT molecular complexity index is 1030. The number of carbonyl (C=O) groups is 2. The van der Waals surface area contributed by atoms with Crippen molar-refractivity contribution in [2.24, 2.45) is 0 Å². The fourth-order valence-electron chi connectivity index (χ4n) is 4.80. The molecule has 1 aliphatic heterocycles. The van der Waals surface area contributed by atoms with E-state index in [-0.39, 0.29) is 29.9 Å². The molecule has 1 amide bonds. The molecule has 2 aliphatic rings. The van der Waals surface area contributed by atoms with Crippen molar-refractivity contribution in [1.29, 1.82) is 0 Å². The molecule has 0 bridgehead atoms. The average molecular weight is 421 g/mol. The number of benzene rings is 2. The van der Waals surface area contributed by atoms with E-state index in [0.29, 0.717) is 24.3 Å². The highest BCUT2D eigenvalue weighted by Gasteiger charge is 2.42. The van der Waals surface area contributed by atoms with Crippen molar-refractivity contribution in [2.75, 3.05) is 28.3 Å². The van der Waals surface area contributed by atoms with Crippen LogP contribution in [0.1, 0.15) is 42.2 Å². The van der Waals surface area contributed by atoms with Gasteiger partial charge in [0.2, 0.25) is 5.91 Å². The summed E-state index contributed by atoms with van der Waals surface area (Å²) in [5.41, 5.74) is 3.57. The lowest BCUT2D eigenvalue weighted by atomic mass is 9.73. The first-order chi connectivity index (χ1) is 14.9. The Kier molecular flexibility index (Phi) is 5.83. The van der Waals surface area contributed by atoms with E-state index in [9.17, 15) is 9.59 Å². The normalized spacial score (nSPS) is 21.4. The first kappa shape index (κ1) is 21.1. The molecule has 0 unspecified atom stereocenters. The van der Waals surface area contributed by atoms with Gasteiger partial charge in [0.25, 0.3) is 0 Å². The summed E-state index contributed by atoms with van der Waals surface area (Å²) < 4.78 is 10.8. The lowest BCUT2D eigenvalue weighted by Crippen LogP contribution is -2.47. The molecule has 0 radical (unpaired) electrons. The van der Waals surface area contributed by atoms with Gasteiger partial charge in [-0.25, -0.2) is 10.0 Å². The molecule has 2 aromatic carbocycles. The average Bonchev–Trinajstić information content (AvgIpc) is 2.78. The Labute approximate surface area is 183 Å². The maximum Gasteiger partial charge on any atom is 0.242 e. The van der Waals surface area contributed by atoms with Gasteiger partial charge in [-0.3, -0.25) is 9.59 Å². The van der Waals surface area contributed by atoms with Crippen LogP contribution in [-0.4, -0.2) is 50.0 Å². The van der Waals surface area contributed by atoms with Crippen molar-refractivity contribution in [3.05, 3.63) is 70.9 Å². The number of rotatable bonds is 5. The van der Waals surface area contributed by atoms with Gasteiger partial charge in [0.05, 0.1) is 14.2 Å². The summed E-state index contributed by atoms with van der Waals surface area (Å²) in [6.07, 6.45) is 1.34. The number of hydrogen-bond donors (Lipinski definition) is 0. The highest BCUT2D eigenvalue weighted by Crippen LogP contribution is 2.46. The third-order valence-corrected chi connectivity index (χ3v) is 6.18. The monoisotopic (exact) mass is 420 g/mol. The molecule has 0 saturated carbocycles. The van der Waals surface area contributed by atoms with Crippen LogP contribution in [0.3, 0.4) is 0 Å². The summed E-state index contributed by atoms with van der Waals surface area (Å²) in [6, 6.07) is 15.7. The van der Waals surface area contributed by atoms with Gasteiger partial charge in [-0.1, -0.05) is 36.4 Å². The largest absolute Gasteiger partial charge is 0.493 e. The van der Waals surface area contributed by atoms with E-state index in [1.165, 1.54) is 0 Å². The molecule has 6 heteroatoms. The maximum absolute atomic E-state index is 13.5. The van der Waals surface area contributed by atoms with E-state index in [2.05, 4.69) is 12.1 Å². The topological polar surface area (TPSA) is 59.1 Å². The summed E-state index contributed by atoms with van der Waals surface area (Å²) >= 11 is 0. The van der Waals surface area contributed by atoms with E-state index in [1.807, 2.05) is 50.5 Å². The van der Waals surface area contributed by atoms with Gasteiger partial charge in [-0.05, 0) is 35.6 Å². The van der Waals surface area contributed by atoms with Crippen LogP contribution in [0.5, 0.6) is 11.5 Å². The SMILES string of the molecule is COc1ccc([C@@H]2CC(=O)N(N(C)C)C3=C2C(=O)C[C@@H](c2ccccc2)C3)cc1OC. The molecule has 2 atom stereocenters. The van der Waals surface area contributed by atoms with Gasteiger partial charge in [-0.15, -0.1) is 0 Å². The molecule has 1 aliphatic carbocycles. The first-order valence-corrected chi connectivity index (χ1v) is 10.5. The van der Waals surface area contributed by atoms with E-state index in [4.69, 9.17) is 9.47 Å². The molecule has 1 heterocycles. The standard InChI is InChI=1S/C25H28N2O4/c1-26(2)27-20-12-18(16-8-6-5-7-9-16)13-21(28)25(20)19(15-24(27)29)17-10-11-22(30-3)23(14-17)31-4/h5-11,14,18-19H,12-13,15H2,1-4H3/t18-,19-/m0/s1. The molecule has 6 nitrogen and oxygen atoms in total. The second-order valence-corrected chi connectivity index (χ2v) is 8.22. The molecule has 0 saturated heterocycles. The highest BCUT2D eigenvalue weighted by atomic mass is 16.5. The zero-order valence-electron chi connectivity index (χ0n) is 18.4. The quantitative estimate of drug-likeness (QED) is 0.734. The Morgan fingerprint density at radius 1 is 0.871 bits per heavy atom. The van der Waals surface area contributed by atoms with Crippen LogP contribution in [0, 0.1) is 0 Å². The van der Waals surface area contributed by atoms with Crippen LogP contribution in [0.15, 0.2) is 59.8 Å². The van der Waals surface area contributed by atoms with E-state index in [0.717, 1.165) is 22.4 Å². The van der Waals surface area contributed by atoms with Crippen LogP contribution in [-0.2, 0) is 9.59 Å². The lowest BCUT2D eigenvalue weighted by Gasteiger charge is -2.42. The molecule has 162 valence electrons. The predicted octanol–water partition coefficient (Wildman–Crippen LogP) is 3.90. The third-order valence-electron chi connectivity index (χ3n) is 6.18. The van der Waals surface area contributed by atoms with Crippen molar-refractivity contribution in [3.63, 3.8) is 0 Å².